The molecule has 4 N–H and O–H groups in total. The molecule has 0 fully saturated rings. The molecule has 0 spiro atoms. The van der Waals surface area contributed by atoms with E-state index in [2.05, 4.69) is 9.73 Å². The minimum Gasteiger partial charge on any atom is -0.467 e. The first kappa shape index (κ1) is 12.0. The number of carbonyl (C=O) groups is 1. The standard InChI is InChI=1S/C11H15N3O2/c1-16-10(15)9(14-11(12)13)7-8-5-3-2-4-6-8/h2-6,9H,7H2,1H3,(H4,12,13,14)/t9-/m0/s1. The molecule has 0 saturated heterocycles. The number of rotatable bonds is 4. The van der Waals surface area contributed by atoms with Crippen molar-refractivity contribution in [3.8, 4) is 0 Å². The Morgan fingerprint density at radius 3 is 2.50 bits per heavy atom. The first-order chi connectivity index (χ1) is 7.63. The number of nitrogens with zero attached hydrogens (tertiary/aromatic N) is 1. The van der Waals surface area contributed by atoms with Gasteiger partial charge in [0.1, 0.15) is 0 Å². The number of aliphatic imine (C=N–C) groups is 1. The lowest BCUT2D eigenvalue weighted by atomic mass is 10.1. The van der Waals surface area contributed by atoms with Crippen molar-refractivity contribution in [2.75, 3.05) is 7.11 Å². The van der Waals surface area contributed by atoms with E-state index in [1.165, 1.54) is 7.11 Å². The molecule has 0 amide bonds. The molecule has 1 aromatic carbocycles. The lowest BCUT2D eigenvalue weighted by Crippen LogP contribution is -2.30. The number of carbonyl (C=O) groups excluding carboxylic acids is 1. The van der Waals surface area contributed by atoms with Crippen molar-refractivity contribution in [2.24, 2.45) is 16.5 Å². The van der Waals surface area contributed by atoms with Gasteiger partial charge < -0.3 is 16.2 Å². The van der Waals surface area contributed by atoms with E-state index in [4.69, 9.17) is 11.5 Å². The van der Waals surface area contributed by atoms with Crippen molar-refractivity contribution in [3.63, 3.8) is 0 Å². The Balaban J connectivity index is 2.79. The topological polar surface area (TPSA) is 90.7 Å². The van der Waals surface area contributed by atoms with Crippen LogP contribution in [0, 0.1) is 0 Å². The average Bonchev–Trinajstić information content (AvgIpc) is 2.28. The van der Waals surface area contributed by atoms with E-state index < -0.39 is 12.0 Å². The maximum absolute atomic E-state index is 11.4. The summed E-state index contributed by atoms with van der Waals surface area (Å²) in [6.45, 7) is 0. The molecule has 0 radical (unpaired) electrons. The molecule has 0 aromatic heterocycles. The maximum atomic E-state index is 11.4. The highest BCUT2D eigenvalue weighted by atomic mass is 16.5. The summed E-state index contributed by atoms with van der Waals surface area (Å²) in [5.41, 5.74) is 11.5. The molecule has 5 heteroatoms. The van der Waals surface area contributed by atoms with Crippen LogP contribution in [-0.4, -0.2) is 25.1 Å². The average molecular weight is 221 g/mol. The van der Waals surface area contributed by atoms with E-state index in [9.17, 15) is 4.79 Å². The number of hydrogen-bond donors (Lipinski definition) is 2. The van der Waals surface area contributed by atoms with Gasteiger partial charge in [-0.25, -0.2) is 9.79 Å². The minimum absolute atomic E-state index is 0.119. The second-order valence-corrected chi connectivity index (χ2v) is 3.28. The largest absolute Gasteiger partial charge is 0.467 e. The van der Waals surface area contributed by atoms with Gasteiger partial charge in [0.25, 0.3) is 0 Å². The predicted octanol–water partition coefficient (Wildman–Crippen LogP) is 0.0441. The number of methoxy groups -OCH3 is 1. The molecule has 5 nitrogen and oxygen atoms in total. The third kappa shape index (κ3) is 3.61. The summed E-state index contributed by atoms with van der Waals surface area (Å²) in [5, 5.41) is 0. The number of hydrogen-bond acceptors (Lipinski definition) is 3. The third-order valence-electron chi connectivity index (χ3n) is 2.05. The SMILES string of the molecule is COC(=O)[C@H](Cc1ccccc1)N=C(N)N. The van der Waals surface area contributed by atoms with Crippen LogP contribution in [-0.2, 0) is 16.0 Å². The normalized spacial score (nSPS) is 11.6. The summed E-state index contributed by atoms with van der Waals surface area (Å²) in [6, 6.07) is 8.80. The van der Waals surface area contributed by atoms with E-state index in [1.54, 1.807) is 0 Å². The fourth-order valence-electron chi connectivity index (χ4n) is 1.34. The highest BCUT2D eigenvalue weighted by molar-refractivity contribution is 5.82. The van der Waals surface area contributed by atoms with Crippen LogP contribution in [0.5, 0.6) is 0 Å². The van der Waals surface area contributed by atoms with Gasteiger partial charge in [0.05, 0.1) is 7.11 Å². The number of guanidine groups is 1. The second-order valence-electron chi connectivity index (χ2n) is 3.28. The Morgan fingerprint density at radius 2 is 2.00 bits per heavy atom. The highest BCUT2D eigenvalue weighted by Gasteiger charge is 2.18. The van der Waals surface area contributed by atoms with Crippen molar-refractivity contribution in [2.45, 2.75) is 12.5 Å². The Morgan fingerprint density at radius 1 is 1.38 bits per heavy atom. The van der Waals surface area contributed by atoms with Crippen LogP contribution in [0.2, 0.25) is 0 Å². The van der Waals surface area contributed by atoms with Gasteiger partial charge in [0.15, 0.2) is 12.0 Å². The molecular weight excluding hydrogens is 206 g/mol. The first-order valence-electron chi connectivity index (χ1n) is 4.84. The van der Waals surface area contributed by atoms with E-state index in [1.807, 2.05) is 30.3 Å². The zero-order valence-corrected chi connectivity index (χ0v) is 9.09. The van der Waals surface area contributed by atoms with Crippen LogP contribution in [0.1, 0.15) is 5.56 Å². The number of esters is 1. The van der Waals surface area contributed by atoms with Gasteiger partial charge in [-0.15, -0.1) is 0 Å². The summed E-state index contributed by atoms with van der Waals surface area (Å²) < 4.78 is 4.63. The quantitative estimate of drug-likeness (QED) is 0.427. The van der Waals surface area contributed by atoms with Crippen LogP contribution in [0.25, 0.3) is 0 Å². The Hall–Kier alpha value is -2.04. The molecule has 0 unspecified atom stereocenters. The van der Waals surface area contributed by atoms with Crippen LogP contribution in [0.4, 0.5) is 0 Å². The van der Waals surface area contributed by atoms with Crippen molar-refractivity contribution >= 4 is 11.9 Å². The Kier molecular flexibility index (Phi) is 4.32. The summed E-state index contributed by atoms with van der Waals surface area (Å²) in [4.78, 5) is 15.3. The Bertz CT molecular complexity index is 372. The fraction of sp³-hybridized carbons (Fsp3) is 0.273. The number of ether oxygens (including phenoxy) is 1. The lowest BCUT2D eigenvalue weighted by molar-refractivity contribution is -0.142. The van der Waals surface area contributed by atoms with Crippen LogP contribution < -0.4 is 11.5 Å². The summed E-state index contributed by atoms with van der Waals surface area (Å²) in [7, 11) is 1.31. The molecule has 1 rings (SSSR count). The van der Waals surface area contributed by atoms with E-state index in [-0.39, 0.29) is 5.96 Å². The van der Waals surface area contributed by atoms with Crippen LogP contribution >= 0.6 is 0 Å². The molecule has 1 atom stereocenters. The van der Waals surface area contributed by atoms with Gasteiger partial charge in [0, 0.05) is 6.42 Å². The molecule has 0 aliphatic rings. The molecule has 16 heavy (non-hydrogen) atoms. The minimum atomic E-state index is -0.683. The van der Waals surface area contributed by atoms with Gasteiger partial charge in [-0.05, 0) is 5.56 Å². The van der Waals surface area contributed by atoms with Gasteiger partial charge in [0.2, 0.25) is 0 Å². The third-order valence-corrected chi connectivity index (χ3v) is 2.05. The van der Waals surface area contributed by atoms with Gasteiger partial charge in [-0.3, -0.25) is 0 Å². The predicted molar refractivity (Wildman–Crippen MR) is 61.8 cm³/mol. The Labute approximate surface area is 94.1 Å². The molecule has 0 heterocycles. The highest BCUT2D eigenvalue weighted by Crippen LogP contribution is 2.07. The van der Waals surface area contributed by atoms with Crippen molar-refractivity contribution < 1.29 is 9.53 Å². The lowest BCUT2D eigenvalue weighted by Gasteiger charge is -2.10. The molecule has 0 aliphatic heterocycles. The first-order valence-corrected chi connectivity index (χ1v) is 4.84. The van der Waals surface area contributed by atoms with Gasteiger partial charge >= 0.3 is 5.97 Å². The molecule has 0 saturated carbocycles. The molecule has 1 aromatic rings. The molecule has 0 bridgehead atoms. The van der Waals surface area contributed by atoms with Crippen LogP contribution in [0.15, 0.2) is 35.3 Å². The van der Waals surface area contributed by atoms with Crippen molar-refractivity contribution in [3.05, 3.63) is 35.9 Å². The smallest absolute Gasteiger partial charge is 0.331 e. The molecule has 0 aliphatic carbocycles. The van der Waals surface area contributed by atoms with Crippen molar-refractivity contribution in [1.29, 1.82) is 0 Å². The molecule has 86 valence electrons. The summed E-state index contributed by atoms with van der Waals surface area (Å²) in [6.07, 6.45) is 0.422. The summed E-state index contributed by atoms with van der Waals surface area (Å²) >= 11 is 0. The van der Waals surface area contributed by atoms with Crippen molar-refractivity contribution in [1.82, 2.24) is 0 Å². The van der Waals surface area contributed by atoms with Gasteiger partial charge in [-0.1, -0.05) is 30.3 Å². The summed E-state index contributed by atoms with van der Waals surface area (Å²) in [5.74, 6) is -0.566. The zero-order valence-electron chi connectivity index (χ0n) is 9.09. The van der Waals surface area contributed by atoms with Crippen LogP contribution in [0.3, 0.4) is 0 Å². The number of nitrogens with two attached hydrogens (primary N) is 2. The maximum Gasteiger partial charge on any atom is 0.331 e. The van der Waals surface area contributed by atoms with E-state index >= 15 is 0 Å². The van der Waals surface area contributed by atoms with E-state index in [0.717, 1.165) is 5.56 Å². The second kappa shape index (κ2) is 5.75. The van der Waals surface area contributed by atoms with Gasteiger partial charge in [-0.2, -0.15) is 0 Å². The van der Waals surface area contributed by atoms with E-state index in [0.29, 0.717) is 6.42 Å². The fourth-order valence-corrected chi connectivity index (χ4v) is 1.34. The zero-order chi connectivity index (χ0) is 12.0. The number of benzene rings is 1. The monoisotopic (exact) mass is 221 g/mol. The molecular formula is C11H15N3O2.